The van der Waals surface area contributed by atoms with Gasteiger partial charge in [0, 0.05) is 24.7 Å². The molecule has 0 radical (unpaired) electrons. The molecular weight excluding hydrogens is 428 g/mol. The summed E-state index contributed by atoms with van der Waals surface area (Å²) in [5.74, 6) is -4.85. The molecule has 178 valence electrons. The molecule has 1 saturated heterocycles. The van der Waals surface area contributed by atoms with E-state index in [1.807, 2.05) is 13.8 Å². The van der Waals surface area contributed by atoms with E-state index in [2.05, 4.69) is 0 Å². The van der Waals surface area contributed by atoms with Gasteiger partial charge in [0.1, 0.15) is 11.1 Å². The summed E-state index contributed by atoms with van der Waals surface area (Å²) in [6, 6.07) is 0. The van der Waals surface area contributed by atoms with Crippen LogP contribution in [0.15, 0.2) is 47.5 Å². The number of rotatable bonds is 3. The number of esters is 3. The van der Waals surface area contributed by atoms with Crippen molar-refractivity contribution in [3.8, 4) is 0 Å². The zero-order valence-corrected chi connectivity index (χ0v) is 19.0. The first-order chi connectivity index (χ1) is 15.8. The van der Waals surface area contributed by atoms with Crippen molar-refractivity contribution < 1.29 is 38.4 Å². The fourth-order valence-electron chi connectivity index (χ4n) is 4.89. The third kappa shape index (κ3) is 4.43. The Bertz CT molecular complexity index is 935. The summed E-state index contributed by atoms with van der Waals surface area (Å²) in [6.45, 7) is 3.86. The van der Waals surface area contributed by atoms with Gasteiger partial charge >= 0.3 is 17.9 Å². The highest BCUT2D eigenvalue weighted by Gasteiger charge is 2.51. The van der Waals surface area contributed by atoms with Crippen molar-refractivity contribution >= 4 is 17.9 Å². The lowest BCUT2D eigenvalue weighted by atomic mass is 9.84. The minimum atomic E-state index is -1.16. The molecule has 4 aliphatic rings. The maximum Gasteiger partial charge on any atom is 0.348 e. The molecule has 3 fully saturated rings. The number of ether oxygens (including phenoxy) is 4. The van der Waals surface area contributed by atoms with E-state index in [1.54, 1.807) is 0 Å². The third-order valence-corrected chi connectivity index (χ3v) is 7.03. The van der Waals surface area contributed by atoms with E-state index in [0.29, 0.717) is 12.8 Å². The largest absolute Gasteiger partial charge is 0.480 e. The van der Waals surface area contributed by atoms with Gasteiger partial charge in [0.25, 0.3) is 17.5 Å². The second-order valence-electron chi connectivity index (χ2n) is 9.23. The molecule has 2 aliphatic carbocycles. The van der Waals surface area contributed by atoms with Crippen LogP contribution in [-0.4, -0.2) is 34.6 Å². The molecule has 3 atom stereocenters. The Hall–Kier alpha value is -3.03. The van der Waals surface area contributed by atoms with Crippen LogP contribution in [-0.2, 0) is 33.3 Å². The molecule has 0 aromatic rings. The average molecular weight is 459 g/mol. The van der Waals surface area contributed by atoms with Crippen molar-refractivity contribution in [2.75, 3.05) is 0 Å². The predicted molar refractivity (Wildman–Crippen MR) is 116 cm³/mol. The van der Waals surface area contributed by atoms with Gasteiger partial charge in [-0.25, -0.2) is 14.4 Å². The summed E-state index contributed by atoms with van der Waals surface area (Å²) in [4.78, 5) is 37.3. The molecule has 2 aliphatic heterocycles. The SMILES string of the molecule is CC1CCCCC12OC(=O)C(=CC=CC=CC1=C(O)OC3(CCCCC3C)OC1=O)C(=O)O2. The normalized spacial score (nSPS) is 35.1. The fraction of sp³-hybridized carbons (Fsp3) is 0.560. The first-order valence-electron chi connectivity index (χ1n) is 11.6. The third-order valence-electron chi connectivity index (χ3n) is 7.03. The van der Waals surface area contributed by atoms with Crippen molar-refractivity contribution in [1.82, 2.24) is 0 Å². The van der Waals surface area contributed by atoms with Gasteiger partial charge in [-0.05, 0) is 37.8 Å². The van der Waals surface area contributed by atoms with Crippen molar-refractivity contribution in [1.29, 1.82) is 0 Å². The van der Waals surface area contributed by atoms with Crippen molar-refractivity contribution in [2.45, 2.75) is 76.8 Å². The van der Waals surface area contributed by atoms with Crippen LogP contribution in [0.4, 0.5) is 0 Å². The van der Waals surface area contributed by atoms with E-state index in [1.165, 1.54) is 30.4 Å². The van der Waals surface area contributed by atoms with Crippen LogP contribution in [0.1, 0.15) is 65.2 Å². The number of hydrogen-bond donors (Lipinski definition) is 1. The van der Waals surface area contributed by atoms with E-state index in [0.717, 1.165) is 38.5 Å². The number of carbonyl (C=O) groups is 3. The zero-order valence-electron chi connectivity index (χ0n) is 19.0. The summed E-state index contributed by atoms with van der Waals surface area (Å²) in [5, 5.41) is 10.3. The van der Waals surface area contributed by atoms with Crippen LogP contribution in [0, 0.1) is 11.8 Å². The number of aliphatic hydroxyl groups excluding tert-OH is 1. The van der Waals surface area contributed by atoms with Crippen LogP contribution in [0.25, 0.3) is 0 Å². The fourth-order valence-corrected chi connectivity index (χ4v) is 4.89. The van der Waals surface area contributed by atoms with Crippen molar-refractivity contribution in [3.05, 3.63) is 47.5 Å². The quantitative estimate of drug-likeness (QED) is 0.289. The summed E-state index contributed by atoms with van der Waals surface area (Å²) >= 11 is 0. The van der Waals surface area contributed by atoms with Gasteiger partial charge in [-0.2, -0.15) is 0 Å². The van der Waals surface area contributed by atoms with E-state index >= 15 is 0 Å². The second kappa shape index (κ2) is 9.08. The molecule has 2 heterocycles. The van der Waals surface area contributed by atoms with Crippen LogP contribution in [0.3, 0.4) is 0 Å². The molecule has 2 saturated carbocycles. The van der Waals surface area contributed by atoms with Crippen LogP contribution in [0.2, 0.25) is 0 Å². The summed E-state index contributed by atoms with van der Waals surface area (Å²) in [5.41, 5.74) is -0.292. The Morgan fingerprint density at radius 2 is 1.30 bits per heavy atom. The van der Waals surface area contributed by atoms with E-state index in [-0.39, 0.29) is 23.0 Å². The number of aliphatic hydroxyl groups is 1. The minimum absolute atomic E-state index is 0.0138. The van der Waals surface area contributed by atoms with Crippen LogP contribution in [0.5, 0.6) is 0 Å². The number of hydrogen-bond acceptors (Lipinski definition) is 8. The minimum Gasteiger partial charge on any atom is -0.480 e. The average Bonchev–Trinajstić information content (AvgIpc) is 2.76. The van der Waals surface area contributed by atoms with Gasteiger partial charge in [-0.3, -0.25) is 0 Å². The second-order valence-corrected chi connectivity index (χ2v) is 9.23. The first-order valence-corrected chi connectivity index (χ1v) is 11.6. The summed E-state index contributed by atoms with van der Waals surface area (Å²) in [7, 11) is 0. The lowest BCUT2D eigenvalue weighted by Gasteiger charge is -2.43. The topological polar surface area (TPSA) is 108 Å². The Kier molecular flexibility index (Phi) is 6.36. The monoisotopic (exact) mass is 458 g/mol. The molecule has 3 unspecified atom stereocenters. The van der Waals surface area contributed by atoms with Gasteiger partial charge in [0.15, 0.2) is 0 Å². The Labute approximate surface area is 192 Å². The molecule has 33 heavy (non-hydrogen) atoms. The Morgan fingerprint density at radius 3 is 1.85 bits per heavy atom. The Balaban J connectivity index is 1.41. The lowest BCUT2D eigenvalue weighted by Crippen LogP contribution is -2.52. The highest BCUT2D eigenvalue weighted by Crippen LogP contribution is 2.43. The molecule has 0 aromatic heterocycles. The van der Waals surface area contributed by atoms with Crippen molar-refractivity contribution in [2.24, 2.45) is 11.8 Å². The maximum atomic E-state index is 12.5. The molecule has 8 nitrogen and oxygen atoms in total. The van der Waals surface area contributed by atoms with E-state index in [9.17, 15) is 19.5 Å². The number of carbonyl (C=O) groups excluding carboxylic acids is 3. The van der Waals surface area contributed by atoms with Gasteiger partial charge in [-0.15, -0.1) is 0 Å². The van der Waals surface area contributed by atoms with Crippen LogP contribution >= 0.6 is 0 Å². The highest BCUT2D eigenvalue weighted by molar-refractivity contribution is 6.15. The molecule has 4 rings (SSSR count). The highest BCUT2D eigenvalue weighted by atomic mass is 16.8. The molecule has 1 N–H and O–H groups in total. The van der Waals surface area contributed by atoms with Gasteiger partial charge in [0.2, 0.25) is 0 Å². The molecule has 0 aromatic carbocycles. The van der Waals surface area contributed by atoms with E-state index < -0.39 is 35.4 Å². The summed E-state index contributed by atoms with van der Waals surface area (Å²) < 4.78 is 22.3. The molecule has 0 amide bonds. The van der Waals surface area contributed by atoms with Gasteiger partial charge in [-0.1, -0.05) is 44.9 Å². The predicted octanol–water partition coefficient (Wildman–Crippen LogP) is 4.28. The molecule has 0 bridgehead atoms. The number of allylic oxidation sites excluding steroid dienone is 4. The first kappa shape index (κ1) is 23.1. The van der Waals surface area contributed by atoms with Gasteiger partial charge in [0.05, 0.1) is 0 Å². The molecule has 8 heteroatoms. The van der Waals surface area contributed by atoms with E-state index in [4.69, 9.17) is 18.9 Å². The molecular formula is C25H30O8. The van der Waals surface area contributed by atoms with Crippen molar-refractivity contribution in [3.63, 3.8) is 0 Å². The van der Waals surface area contributed by atoms with Gasteiger partial charge < -0.3 is 24.1 Å². The standard InChI is InChI=1S/C25H30O8/c1-16-10-6-8-14-24(16)30-20(26)18(21(27)31-24)12-4-3-5-13-19-22(28)32-25(33-23(19)29)15-9-7-11-17(25)2/h3-5,12-13,16-17,26H,6-11,14-15H2,1-2H3. The summed E-state index contributed by atoms with van der Waals surface area (Å²) in [6.07, 6.45) is 13.6. The van der Waals surface area contributed by atoms with Crippen LogP contribution < -0.4 is 0 Å². The smallest absolute Gasteiger partial charge is 0.348 e. The molecule has 2 spiro atoms. The lowest BCUT2D eigenvalue weighted by molar-refractivity contribution is -0.269. The maximum absolute atomic E-state index is 12.5. The Morgan fingerprint density at radius 1 is 0.758 bits per heavy atom. The zero-order chi connectivity index (χ0) is 23.6.